The van der Waals surface area contributed by atoms with Crippen LogP contribution in [0.15, 0.2) is 59.5 Å². The zero-order valence-electron chi connectivity index (χ0n) is 23.8. The normalized spacial score (nSPS) is 17.1. The van der Waals surface area contributed by atoms with Gasteiger partial charge in [0.25, 0.3) is 5.56 Å². The number of nitrogens with zero attached hydrogens (tertiary/aromatic N) is 5. The number of piperidine rings is 1. The zero-order chi connectivity index (χ0) is 29.6. The Balaban J connectivity index is 1.38. The number of benzene rings is 2. The number of urea groups is 1. The van der Waals surface area contributed by atoms with Crippen LogP contribution in [0.3, 0.4) is 0 Å². The summed E-state index contributed by atoms with van der Waals surface area (Å²) in [6.45, 7) is 5.03. The highest BCUT2D eigenvalue weighted by molar-refractivity contribution is 6.30. The van der Waals surface area contributed by atoms with Gasteiger partial charge in [-0.3, -0.25) is 9.59 Å². The molecule has 2 amide bonds. The molecule has 12 heteroatoms. The van der Waals surface area contributed by atoms with Crippen molar-refractivity contribution in [1.82, 2.24) is 14.7 Å². The molecule has 3 aromatic rings. The van der Waals surface area contributed by atoms with Crippen LogP contribution in [0.1, 0.15) is 19.8 Å². The van der Waals surface area contributed by atoms with Crippen LogP contribution < -0.4 is 25.4 Å². The molecular weight excluding hydrogens is 560 g/mol. The molecule has 1 unspecified atom stereocenters. The highest BCUT2D eigenvalue weighted by atomic mass is 35.5. The van der Waals surface area contributed by atoms with E-state index in [9.17, 15) is 14.4 Å². The second kappa shape index (κ2) is 13.2. The average molecular weight is 595 g/mol. The number of carbonyl (C=O) groups excluding carboxylic acids is 2. The van der Waals surface area contributed by atoms with Crippen LogP contribution in [0.4, 0.5) is 21.9 Å². The summed E-state index contributed by atoms with van der Waals surface area (Å²) in [6.07, 6.45) is 3.19. The van der Waals surface area contributed by atoms with Crippen molar-refractivity contribution >= 4 is 40.7 Å². The number of hydrogen-bond acceptors (Lipinski definition) is 8. The number of rotatable bonds is 7. The van der Waals surface area contributed by atoms with Crippen molar-refractivity contribution in [3.8, 4) is 11.4 Å². The summed E-state index contributed by atoms with van der Waals surface area (Å²) in [5.41, 5.74) is 2.14. The number of esters is 1. The minimum absolute atomic E-state index is 0.238. The molecule has 2 fully saturated rings. The number of nitrogens with one attached hydrogen (secondary N) is 1. The Hall–Kier alpha value is -4.25. The van der Waals surface area contributed by atoms with Crippen molar-refractivity contribution in [1.29, 1.82) is 0 Å². The van der Waals surface area contributed by atoms with E-state index in [1.54, 1.807) is 36.2 Å². The molecule has 222 valence electrons. The summed E-state index contributed by atoms with van der Waals surface area (Å²) in [5, 5.41) is 7.94. The Morgan fingerprint density at radius 1 is 1.05 bits per heavy atom. The third-order valence-electron chi connectivity index (χ3n) is 7.60. The Bertz CT molecular complexity index is 1470. The Morgan fingerprint density at radius 2 is 1.81 bits per heavy atom. The molecule has 42 heavy (non-hydrogen) atoms. The van der Waals surface area contributed by atoms with E-state index in [1.165, 1.54) is 11.8 Å². The number of hydrogen-bond donors (Lipinski definition) is 1. The quantitative estimate of drug-likeness (QED) is 0.409. The predicted molar refractivity (Wildman–Crippen MR) is 162 cm³/mol. The van der Waals surface area contributed by atoms with Gasteiger partial charge in [0.05, 0.1) is 42.9 Å². The molecule has 0 spiro atoms. The van der Waals surface area contributed by atoms with Crippen LogP contribution in [0, 0.1) is 5.92 Å². The van der Waals surface area contributed by atoms with Crippen molar-refractivity contribution in [3.63, 3.8) is 0 Å². The maximum absolute atomic E-state index is 14.0. The minimum Gasteiger partial charge on any atom is -0.495 e. The number of anilines is 3. The topological polar surface area (TPSA) is 109 Å². The first kappa shape index (κ1) is 29.2. The molecule has 1 atom stereocenters. The molecule has 11 nitrogen and oxygen atoms in total. The van der Waals surface area contributed by atoms with Gasteiger partial charge in [-0.1, -0.05) is 29.8 Å². The lowest BCUT2D eigenvalue weighted by molar-refractivity contribution is -0.148. The molecular formula is C30H35ClN6O5. The van der Waals surface area contributed by atoms with Gasteiger partial charge in [-0.15, -0.1) is 0 Å². The largest absolute Gasteiger partial charge is 0.495 e. The van der Waals surface area contributed by atoms with Crippen molar-refractivity contribution in [3.05, 3.63) is 70.1 Å². The lowest BCUT2D eigenvalue weighted by Gasteiger charge is -2.39. The molecule has 5 rings (SSSR count). The fourth-order valence-corrected chi connectivity index (χ4v) is 5.63. The van der Waals surface area contributed by atoms with Crippen LogP contribution in [-0.4, -0.2) is 79.7 Å². The molecule has 2 saturated heterocycles. The van der Waals surface area contributed by atoms with E-state index >= 15 is 0 Å². The summed E-state index contributed by atoms with van der Waals surface area (Å²) in [7, 11) is 1.52. The van der Waals surface area contributed by atoms with Crippen LogP contribution in [0.5, 0.6) is 5.75 Å². The van der Waals surface area contributed by atoms with Gasteiger partial charge in [-0.05, 0) is 44.0 Å². The van der Waals surface area contributed by atoms with Crippen molar-refractivity contribution in [2.45, 2.75) is 19.8 Å². The molecule has 1 N–H and O–H groups in total. The van der Waals surface area contributed by atoms with Crippen molar-refractivity contribution in [2.24, 2.45) is 5.92 Å². The summed E-state index contributed by atoms with van der Waals surface area (Å²) >= 11 is 6.05. The monoisotopic (exact) mass is 594 g/mol. The molecule has 3 heterocycles. The van der Waals surface area contributed by atoms with E-state index in [0.717, 1.165) is 12.8 Å². The first-order valence-electron chi connectivity index (χ1n) is 14.1. The van der Waals surface area contributed by atoms with Gasteiger partial charge in [0.1, 0.15) is 11.4 Å². The highest BCUT2D eigenvalue weighted by Gasteiger charge is 2.32. The van der Waals surface area contributed by atoms with Crippen molar-refractivity contribution in [2.75, 3.05) is 68.1 Å². The molecule has 0 saturated carbocycles. The lowest BCUT2D eigenvalue weighted by Crippen LogP contribution is -2.51. The third kappa shape index (κ3) is 6.30. The highest BCUT2D eigenvalue weighted by Crippen LogP contribution is 2.31. The van der Waals surface area contributed by atoms with E-state index < -0.39 is 0 Å². The van der Waals surface area contributed by atoms with Crippen LogP contribution in [-0.2, 0) is 9.53 Å². The molecule has 0 bridgehead atoms. The van der Waals surface area contributed by atoms with E-state index in [4.69, 9.17) is 21.1 Å². The number of piperazine rings is 1. The molecule has 0 radical (unpaired) electrons. The zero-order valence-corrected chi connectivity index (χ0v) is 24.5. The first-order chi connectivity index (χ1) is 20.4. The second-order valence-corrected chi connectivity index (χ2v) is 10.7. The number of amides is 2. The van der Waals surface area contributed by atoms with Gasteiger partial charge in [-0.2, -0.15) is 9.78 Å². The number of ether oxygens (including phenoxy) is 2. The Morgan fingerprint density at radius 3 is 2.52 bits per heavy atom. The summed E-state index contributed by atoms with van der Waals surface area (Å²) in [4.78, 5) is 45.5. The van der Waals surface area contributed by atoms with Crippen molar-refractivity contribution < 1.29 is 19.1 Å². The fourth-order valence-electron chi connectivity index (χ4n) is 5.46. The van der Waals surface area contributed by atoms with Gasteiger partial charge >= 0.3 is 12.0 Å². The maximum atomic E-state index is 14.0. The third-order valence-corrected chi connectivity index (χ3v) is 7.84. The molecule has 2 aromatic carbocycles. The van der Waals surface area contributed by atoms with Crippen LogP contribution >= 0.6 is 11.6 Å². The minimum atomic E-state index is -0.310. The SMILES string of the molecule is CCOC(=O)C1CCCN(c2c(N3CCN(C(=O)Nc4ccc(Cl)cc4OC)CC3)cnn(-c3ccccc3)c2=O)C1. The number of methoxy groups -OCH3 is 1. The van der Waals surface area contributed by atoms with Gasteiger partial charge in [0, 0.05) is 50.4 Å². The lowest BCUT2D eigenvalue weighted by atomic mass is 9.97. The van der Waals surface area contributed by atoms with Gasteiger partial charge in [-0.25, -0.2) is 4.79 Å². The number of carbonyl (C=O) groups is 2. The number of aromatic nitrogens is 2. The van der Waals surface area contributed by atoms with Gasteiger partial charge in [0.15, 0.2) is 0 Å². The number of halogens is 1. The summed E-state index contributed by atoms with van der Waals surface area (Å²) in [6, 6.07) is 14.1. The van der Waals surface area contributed by atoms with Gasteiger partial charge in [0.2, 0.25) is 0 Å². The molecule has 0 aliphatic carbocycles. The molecule has 2 aliphatic heterocycles. The maximum Gasteiger partial charge on any atom is 0.322 e. The average Bonchev–Trinajstić information content (AvgIpc) is 3.02. The predicted octanol–water partition coefficient (Wildman–Crippen LogP) is 4.03. The number of para-hydroxylation sites is 1. The van der Waals surface area contributed by atoms with Gasteiger partial charge < -0.3 is 29.5 Å². The second-order valence-electron chi connectivity index (χ2n) is 10.2. The summed E-state index contributed by atoms with van der Waals surface area (Å²) in [5.74, 6) is -0.0698. The van der Waals surface area contributed by atoms with Crippen LogP contribution in [0.25, 0.3) is 5.69 Å². The Kier molecular flexibility index (Phi) is 9.16. The van der Waals surface area contributed by atoms with E-state index in [0.29, 0.717) is 79.4 Å². The first-order valence-corrected chi connectivity index (χ1v) is 14.5. The molecule has 2 aliphatic rings. The van der Waals surface area contributed by atoms with E-state index in [2.05, 4.69) is 15.3 Å². The van der Waals surface area contributed by atoms with E-state index in [1.807, 2.05) is 35.2 Å². The van der Waals surface area contributed by atoms with E-state index in [-0.39, 0.29) is 23.5 Å². The smallest absolute Gasteiger partial charge is 0.322 e. The van der Waals surface area contributed by atoms with Crippen LogP contribution in [0.2, 0.25) is 5.02 Å². The summed E-state index contributed by atoms with van der Waals surface area (Å²) < 4.78 is 12.1. The molecule has 1 aromatic heterocycles. The standard InChI is InChI=1S/C30H35ClN6O5/c1-3-42-29(39)21-8-7-13-36(20-21)27-25(19-32-37(28(27)38)23-9-5-4-6-10-23)34-14-16-35(17-15-34)30(40)33-24-12-11-22(31)18-26(24)41-2/h4-6,9-12,18-19,21H,3,7-8,13-17,20H2,1-2H3,(H,33,40). The fraction of sp³-hybridized carbons (Fsp3) is 0.400. The Labute approximate surface area is 249 Å².